The molecule has 1 aromatic heterocycles. The van der Waals surface area contributed by atoms with Gasteiger partial charge in [0.2, 0.25) is 0 Å². The first kappa shape index (κ1) is 39.2. The zero-order valence-electron chi connectivity index (χ0n) is 29.6. The third-order valence-corrected chi connectivity index (χ3v) is 9.83. The van der Waals surface area contributed by atoms with Crippen LogP contribution in [-0.2, 0) is 0 Å². The van der Waals surface area contributed by atoms with Crippen LogP contribution in [0.25, 0.3) is 0 Å². The Morgan fingerprint density at radius 3 is 1.14 bits per heavy atom. The molecule has 0 radical (unpaired) electrons. The smallest absolute Gasteiger partial charge is 0.111 e. The Balaban J connectivity index is 2.27. The van der Waals surface area contributed by atoms with Gasteiger partial charge in [0.25, 0.3) is 0 Å². The fourth-order valence-corrected chi connectivity index (χ4v) is 6.89. The molecular weight excluding hydrogens is 508 g/mol. The highest BCUT2D eigenvalue weighted by molar-refractivity contribution is 5.02. The molecule has 1 aromatic rings. The molecule has 0 saturated carbocycles. The van der Waals surface area contributed by atoms with Gasteiger partial charge in [-0.3, -0.25) is 0 Å². The van der Waals surface area contributed by atoms with Crippen LogP contribution in [0.2, 0.25) is 0 Å². The molecule has 0 amide bonds. The summed E-state index contributed by atoms with van der Waals surface area (Å²) in [5.74, 6) is 2.06. The monoisotopic (exact) mass is 587 g/mol. The molecule has 0 saturated heterocycles. The summed E-state index contributed by atoms with van der Waals surface area (Å²) in [6, 6.07) is 0.589. The molecule has 0 aliphatic heterocycles. The van der Waals surface area contributed by atoms with Crippen LogP contribution < -0.4 is 0 Å². The minimum absolute atomic E-state index is 0.589. The van der Waals surface area contributed by atoms with Gasteiger partial charge >= 0.3 is 0 Å². The zero-order chi connectivity index (χ0) is 30.4. The average molecular weight is 587 g/mol. The van der Waals surface area contributed by atoms with Crippen LogP contribution >= 0.6 is 0 Å². The van der Waals surface area contributed by atoms with Gasteiger partial charge in [-0.2, -0.15) is 0 Å². The molecule has 42 heavy (non-hydrogen) atoms. The van der Waals surface area contributed by atoms with E-state index in [0.717, 1.165) is 0 Å². The minimum atomic E-state index is 0.589. The van der Waals surface area contributed by atoms with Gasteiger partial charge in [-0.15, -0.1) is 0 Å². The van der Waals surface area contributed by atoms with Crippen molar-refractivity contribution in [1.29, 1.82) is 0 Å². The van der Waals surface area contributed by atoms with Crippen molar-refractivity contribution in [2.45, 2.75) is 239 Å². The van der Waals surface area contributed by atoms with Gasteiger partial charge in [0.15, 0.2) is 0 Å². The van der Waals surface area contributed by atoms with Crippen LogP contribution in [0, 0.1) is 0 Å². The fourth-order valence-electron chi connectivity index (χ4n) is 6.89. The van der Waals surface area contributed by atoms with Crippen molar-refractivity contribution in [3.8, 4) is 0 Å². The maximum Gasteiger partial charge on any atom is 0.111 e. The van der Waals surface area contributed by atoms with Gasteiger partial charge in [-0.25, -0.2) is 4.98 Å². The highest BCUT2D eigenvalue weighted by atomic mass is 15.1. The van der Waals surface area contributed by atoms with E-state index in [4.69, 9.17) is 4.98 Å². The highest BCUT2D eigenvalue weighted by Gasteiger charge is 2.19. The number of aromatic nitrogens is 2. The maximum atomic E-state index is 4.98. The van der Waals surface area contributed by atoms with Gasteiger partial charge in [0.05, 0.1) is 0 Å². The number of hydrogen-bond acceptors (Lipinski definition) is 1. The number of nitrogens with zero attached hydrogens (tertiary/aromatic N) is 2. The van der Waals surface area contributed by atoms with E-state index in [2.05, 4.69) is 44.7 Å². The lowest BCUT2D eigenvalue weighted by Gasteiger charge is -2.22. The Morgan fingerprint density at radius 1 is 0.452 bits per heavy atom. The molecule has 0 spiro atoms. The minimum Gasteiger partial charge on any atom is -0.332 e. The quantitative estimate of drug-likeness (QED) is 0.0749. The van der Waals surface area contributed by atoms with Crippen LogP contribution in [-0.4, -0.2) is 9.55 Å². The largest absolute Gasteiger partial charge is 0.332 e. The second kappa shape index (κ2) is 30.2. The highest BCUT2D eigenvalue weighted by Crippen LogP contribution is 2.30. The van der Waals surface area contributed by atoms with Crippen LogP contribution in [0.5, 0.6) is 0 Å². The van der Waals surface area contributed by atoms with Gasteiger partial charge in [0.1, 0.15) is 5.82 Å². The summed E-state index contributed by atoms with van der Waals surface area (Å²) in [5, 5.41) is 0. The Bertz CT molecular complexity index is 650. The zero-order valence-corrected chi connectivity index (χ0v) is 29.6. The van der Waals surface area contributed by atoms with E-state index in [-0.39, 0.29) is 0 Å². The summed E-state index contributed by atoms with van der Waals surface area (Å²) in [7, 11) is 0. The first-order valence-corrected chi connectivity index (χ1v) is 19.8. The molecule has 0 fully saturated rings. The lowest BCUT2D eigenvalue weighted by atomic mass is 9.93. The van der Waals surface area contributed by atoms with Crippen LogP contribution in [0.3, 0.4) is 0 Å². The molecule has 2 atom stereocenters. The molecule has 2 nitrogen and oxygen atoms in total. The van der Waals surface area contributed by atoms with Crippen molar-refractivity contribution in [3.05, 3.63) is 18.2 Å². The summed E-state index contributed by atoms with van der Waals surface area (Å²) in [5.41, 5.74) is 0. The molecule has 0 aliphatic carbocycles. The second-order valence-corrected chi connectivity index (χ2v) is 13.9. The molecule has 0 aromatic carbocycles. The molecule has 0 bridgehead atoms. The van der Waals surface area contributed by atoms with Crippen LogP contribution in [0.4, 0.5) is 0 Å². The number of hydrogen-bond donors (Lipinski definition) is 0. The lowest BCUT2D eigenvalue weighted by molar-refractivity contribution is 0.413. The Morgan fingerprint density at radius 2 is 0.762 bits per heavy atom. The predicted molar refractivity (Wildman–Crippen MR) is 190 cm³/mol. The SMILES string of the molecule is CCCCCCCCCCCCCCCCC(C)n1ccnc1C(CCCCCC)CCCCCCCCCCCC. The molecular formula is C40H78N2. The number of unbranched alkanes of at least 4 members (excludes halogenated alkanes) is 25. The molecule has 2 heteroatoms. The first-order valence-electron chi connectivity index (χ1n) is 19.8. The normalized spacial score (nSPS) is 13.1. The van der Waals surface area contributed by atoms with Crippen molar-refractivity contribution in [3.63, 3.8) is 0 Å². The van der Waals surface area contributed by atoms with Crippen molar-refractivity contribution < 1.29 is 0 Å². The molecule has 248 valence electrons. The van der Waals surface area contributed by atoms with E-state index in [0.29, 0.717) is 12.0 Å². The molecule has 1 heterocycles. The van der Waals surface area contributed by atoms with Gasteiger partial charge in [-0.1, -0.05) is 201 Å². The fraction of sp³-hybridized carbons (Fsp3) is 0.925. The van der Waals surface area contributed by atoms with Crippen molar-refractivity contribution in [1.82, 2.24) is 9.55 Å². The van der Waals surface area contributed by atoms with E-state index in [1.807, 2.05) is 0 Å². The third kappa shape index (κ3) is 21.8. The Labute approximate surface area is 266 Å². The number of imidazole rings is 1. The topological polar surface area (TPSA) is 17.8 Å². The van der Waals surface area contributed by atoms with Gasteiger partial charge < -0.3 is 4.57 Å². The second-order valence-electron chi connectivity index (χ2n) is 13.9. The standard InChI is InChI=1S/C40H78N2/c1-5-8-11-14-16-18-20-21-22-23-24-26-28-30-33-38(4)42-37-36-41-40(42)39(34-31-13-10-7-3)35-32-29-27-25-19-17-15-12-9-6-2/h36-39H,5-35H2,1-4H3. The number of rotatable bonds is 33. The maximum absolute atomic E-state index is 4.98. The Kier molecular flexibility index (Phi) is 28.3. The van der Waals surface area contributed by atoms with Crippen molar-refractivity contribution in [2.75, 3.05) is 0 Å². The molecule has 2 unspecified atom stereocenters. The first-order chi connectivity index (χ1) is 20.7. The van der Waals surface area contributed by atoms with E-state index in [1.54, 1.807) is 0 Å². The summed E-state index contributed by atoms with van der Waals surface area (Å²) in [6.45, 7) is 9.39. The van der Waals surface area contributed by atoms with E-state index in [9.17, 15) is 0 Å². The van der Waals surface area contributed by atoms with Crippen molar-refractivity contribution in [2.24, 2.45) is 0 Å². The van der Waals surface area contributed by atoms with E-state index < -0.39 is 0 Å². The van der Waals surface area contributed by atoms with Crippen LogP contribution in [0.1, 0.15) is 245 Å². The molecule has 0 N–H and O–H groups in total. The average Bonchev–Trinajstić information content (AvgIpc) is 3.49. The Hall–Kier alpha value is -0.790. The van der Waals surface area contributed by atoms with Crippen LogP contribution in [0.15, 0.2) is 12.4 Å². The van der Waals surface area contributed by atoms with Crippen molar-refractivity contribution >= 4 is 0 Å². The molecule has 1 rings (SSSR count). The summed E-state index contributed by atoms with van der Waals surface area (Å²) in [6.07, 6.45) is 48.2. The van der Waals surface area contributed by atoms with E-state index >= 15 is 0 Å². The molecule has 0 aliphatic rings. The summed E-state index contributed by atoms with van der Waals surface area (Å²) in [4.78, 5) is 4.98. The predicted octanol–water partition coefficient (Wildman–Crippen LogP) is 14.7. The van der Waals surface area contributed by atoms with E-state index in [1.165, 1.54) is 205 Å². The third-order valence-electron chi connectivity index (χ3n) is 9.83. The summed E-state index contributed by atoms with van der Waals surface area (Å²) >= 11 is 0. The van der Waals surface area contributed by atoms with Gasteiger partial charge in [-0.05, 0) is 26.2 Å². The lowest BCUT2D eigenvalue weighted by Crippen LogP contribution is -2.13. The summed E-state index contributed by atoms with van der Waals surface area (Å²) < 4.78 is 2.57. The van der Waals surface area contributed by atoms with Gasteiger partial charge in [0, 0.05) is 24.4 Å².